The fraction of sp³-hybridized carbons (Fsp3) is 0.0909. The van der Waals surface area contributed by atoms with Crippen LogP contribution in [0, 0.1) is 0 Å². The predicted octanol–water partition coefficient (Wildman–Crippen LogP) is 6.37. The Balaban J connectivity index is 1.65. The first-order valence-electron chi connectivity index (χ1n) is 8.79. The topological polar surface area (TPSA) is 34.9 Å². The van der Waals surface area contributed by atoms with Crippen molar-refractivity contribution in [3.8, 4) is 0 Å². The molecule has 0 radical (unpaired) electrons. The van der Waals surface area contributed by atoms with Crippen LogP contribution in [-0.2, 0) is 5.75 Å². The number of ketones is 1. The summed E-state index contributed by atoms with van der Waals surface area (Å²) in [4.78, 5) is 17.6. The van der Waals surface area contributed by atoms with E-state index in [4.69, 9.17) is 28.2 Å². The van der Waals surface area contributed by atoms with Crippen LogP contribution in [0.3, 0.4) is 0 Å². The number of fused-ring (bicyclic) bond motifs is 3. The first kappa shape index (κ1) is 17.8. The van der Waals surface area contributed by atoms with E-state index in [1.54, 1.807) is 11.8 Å². The smallest absolute Gasteiger partial charge is 0.193 e. The summed E-state index contributed by atoms with van der Waals surface area (Å²) in [6, 6.07) is 20.5. The number of halogens is 2. The van der Waals surface area contributed by atoms with E-state index in [0.717, 1.165) is 28.2 Å². The molecule has 0 N–H and O–H groups in total. The van der Waals surface area contributed by atoms with Gasteiger partial charge in [0, 0.05) is 26.7 Å². The number of rotatable bonds is 3. The van der Waals surface area contributed by atoms with Crippen molar-refractivity contribution < 1.29 is 4.79 Å². The molecule has 0 bridgehead atoms. The Hall–Kier alpha value is -2.27. The number of carbonyl (C=O) groups excluding carboxylic acids is 1. The third-order valence-electron chi connectivity index (χ3n) is 4.91. The molecule has 6 heteroatoms. The van der Waals surface area contributed by atoms with Gasteiger partial charge in [0.15, 0.2) is 5.78 Å². The Labute approximate surface area is 176 Å². The number of hydrogen-bond acceptors (Lipinski definition) is 3. The monoisotopic (exact) mass is 424 g/mol. The lowest BCUT2D eigenvalue weighted by atomic mass is 10.0. The molecule has 138 valence electrons. The highest BCUT2D eigenvalue weighted by atomic mass is 35.5. The highest BCUT2D eigenvalue weighted by Crippen LogP contribution is 2.47. The summed E-state index contributed by atoms with van der Waals surface area (Å²) in [7, 11) is 0. The average molecular weight is 425 g/mol. The summed E-state index contributed by atoms with van der Waals surface area (Å²) in [5.74, 6) is 1.73. The largest absolute Gasteiger partial charge is 0.310 e. The standard InChI is InChI=1S/C22H14Cl2N2OS/c23-15-7-4-8-16(24)20(15)22-26-18-11-14(21(27)13-5-2-1-3-6-13)9-10-17(18)25-19(26)12-28-22/h1-11,22H,12H2. The van der Waals surface area contributed by atoms with Crippen molar-refractivity contribution in [2.24, 2.45) is 0 Å². The van der Waals surface area contributed by atoms with E-state index >= 15 is 0 Å². The zero-order valence-electron chi connectivity index (χ0n) is 14.6. The number of nitrogens with zero attached hydrogens (tertiary/aromatic N) is 2. The minimum atomic E-state index is -0.0664. The first-order valence-corrected chi connectivity index (χ1v) is 10.6. The Bertz CT molecular complexity index is 1200. The molecule has 3 nitrogen and oxygen atoms in total. The molecule has 5 rings (SSSR count). The molecule has 1 atom stereocenters. The van der Waals surface area contributed by atoms with E-state index in [9.17, 15) is 4.79 Å². The summed E-state index contributed by atoms with van der Waals surface area (Å²) >= 11 is 14.7. The van der Waals surface area contributed by atoms with Gasteiger partial charge >= 0.3 is 0 Å². The Kier molecular flexibility index (Phi) is 4.43. The molecule has 4 aromatic rings. The van der Waals surface area contributed by atoms with Gasteiger partial charge in [-0.25, -0.2) is 4.98 Å². The molecule has 28 heavy (non-hydrogen) atoms. The van der Waals surface area contributed by atoms with Crippen molar-refractivity contribution in [1.82, 2.24) is 9.55 Å². The van der Waals surface area contributed by atoms with E-state index in [1.165, 1.54) is 0 Å². The molecular formula is C22H14Cl2N2OS. The number of benzene rings is 3. The van der Waals surface area contributed by atoms with Crippen molar-refractivity contribution >= 4 is 51.8 Å². The maximum Gasteiger partial charge on any atom is 0.193 e. The van der Waals surface area contributed by atoms with Gasteiger partial charge in [0.25, 0.3) is 0 Å². The maximum absolute atomic E-state index is 12.9. The number of carbonyl (C=O) groups is 1. The number of imidazole rings is 1. The molecule has 3 aromatic carbocycles. The fourth-order valence-corrected chi connectivity index (χ4v) is 5.64. The van der Waals surface area contributed by atoms with Gasteiger partial charge in [-0.3, -0.25) is 4.79 Å². The molecule has 0 spiro atoms. The first-order chi connectivity index (χ1) is 13.6. The number of aromatic nitrogens is 2. The van der Waals surface area contributed by atoms with Crippen LogP contribution in [0.4, 0.5) is 0 Å². The van der Waals surface area contributed by atoms with Crippen LogP contribution in [-0.4, -0.2) is 15.3 Å². The van der Waals surface area contributed by atoms with Gasteiger partial charge in [-0.05, 0) is 30.3 Å². The lowest BCUT2D eigenvalue weighted by molar-refractivity contribution is 0.103. The quantitative estimate of drug-likeness (QED) is 0.358. The van der Waals surface area contributed by atoms with Gasteiger partial charge in [-0.15, -0.1) is 11.8 Å². The van der Waals surface area contributed by atoms with E-state index in [1.807, 2.05) is 66.7 Å². The Morgan fingerprint density at radius 2 is 1.71 bits per heavy atom. The zero-order chi connectivity index (χ0) is 19.3. The van der Waals surface area contributed by atoms with Crippen LogP contribution in [0.5, 0.6) is 0 Å². The van der Waals surface area contributed by atoms with Crippen molar-refractivity contribution in [2.45, 2.75) is 11.1 Å². The molecule has 1 aromatic heterocycles. The van der Waals surface area contributed by atoms with Crippen molar-refractivity contribution in [1.29, 1.82) is 0 Å². The van der Waals surface area contributed by atoms with E-state index in [-0.39, 0.29) is 11.2 Å². The van der Waals surface area contributed by atoms with Gasteiger partial charge in [0.05, 0.1) is 16.8 Å². The minimum absolute atomic E-state index is 0.00368. The fourth-order valence-electron chi connectivity index (χ4n) is 3.59. The van der Waals surface area contributed by atoms with Crippen molar-refractivity contribution in [3.05, 3.63) is 99.3 Å². The highest BCUT2D eigenvalue weighted by Gasteiger charge is 2.31. The molecule has 1 unspecified atom stereocenters. The second-order valence-electron chi connectivity index (χ2n) is 6.60. The van der Waals surface area contributed by atoms with E-state index in [0.29, 0.717) is 21.2 Å². The average Bonchev–Trinajstić information content (AvgIpc) is 3.27. The molecule has 0 aliphatic carbocycles. The molecule has 1 aliphatic rings. The lowest BCUT2D eigenvalue weighted by Crippen LogP contribution is -2.06. The number of hydrogen-bond donors (Lipinski definition) is 0. The Morgan fingerprint density at radius 1 is 0.964 bits per heavy atom. The second kappa shape index (κ2) is 6.96. The summed E-state index contributed by atoms with van der Waals surface area (Å²) in [5, 5.41) is 1.20. The molecule has 1 aliphatic heterocycles. The number of thioether (sulfide) groups is 1. The SMILES string of the molecule is O=C(c1ccccc1)c1ccc2nc3n(c2c1)C(c1c(Cl)cccc1Cl)SC3. The molecular weight excluding hydrogens is 411 g/mol. The van der Waals surface area contributed by atoms with Crippen LogP contribution in [0.1, 0.15) is 32.7 Å². The predicted molar refractivity (Wildman–Crippen MR) is 116 cm³/mol. The van der Waals surface area contributed by atoms with Crippen LogP contribution in [0.25, 0.3) is 11.0 Å². The third kappa shape index (κ3) is 2.84. The maximum atomic E-state index is 12.9. The van der Waals surface area contributed by atoms with Gasteiger partial charge in [-0.1, -0.05) is 59.6 Å². The highest BCUT2D eigenvalue weighted by molar-refractivity contribution is 7.99. The molecule has 0 saturated carbocycles. The van der Waals surface area contributed by atoms with Crippen LogP contribution >= 0.6 is 35.0 Å². The van der Waals surface area contributed by atoms with Gasteiger partial charge in [0.1, 0.15) is 11.2 Å². The summed E-state index contributed by atoms with van der Waals surface area (Å²) in [6.45, 7) is 0. The van der Waals surface area contributed by atoms with Gasteiger partial charge in [-0.2, -0.15) is 0 Å². The van der Waals surface area contributed by atoms with Crippen LogP contribution in [0.2, 0.25) is 10.0 Å². The molecule has 0 saturated heterocycles. The minimum Gasteiger partial charge on any atom is -0.310 e. The van der Waals surface area contributed by atoms with Gasteiger partial charge in [0.2, 0.25) is 0 Å². The molecule has 2 heterocycles. The van der Waals surface area contributed by atoms with E-state index in [2.05, 4.69) is 4.57 Å². The van der Waals surface area contributed by atoms with E-state index < -0.39 is 0 Å². The normalized spacial score (nSPS) is 15.7. The molecule has 0 fully saturated rings. The summed E-state index contributed by atoms with van der Waals surface area (Å²) in [5.41, 5.74) is 3.98. The van der Waals surface area contributed by atoms with Crippen molar-refractivity contribution in [3.63, 3.8) is 0 Å². The molecule has 0 amide bonds. The van der Waals surface area contributed by atoms with Crippen molar-refractivity contribution in [2.75, 3.05) is 0 Å². The summed E-state index contributed by atoms with van der Waals surface area (Å²) < 4.78 is 2.15. The zero-order valence-corrected chi connectivity index (χ0v) is 16.9. The Morgan fingerprint density at radius 3 is 2.46 bits per heavy atom. The van der Waals surface area contributed by atoms with Gasteiger partial charge < -0.3 is 4.57 Å². The summed E-state index contributed by atoms with van der Waals surface area (Å²) in [6.07, 6.45) is 0. The van der Waals surface area contributed by atoms with Crippen LogP contribution < -0.4 is 0 Å². The lowest BCUT2D eigenvalue weighted by Gasteiger charge is -2.17. The second-order valence-corrected chi connectivity index (χ2v) is 8.48. The third-order valence-corrected chi connectivity index (χ3v) is 6.76. The van der Waals surface area contributed by atoms with Crippen LogP contribution in [0.15, 0.2) is 66.7 Å².